The number of ether oxygens (including phenoxy) is 1. The smallest absolute Gasteiger partial charge is 0.330 e. The molecule has 0 unspecified atom stereocenters. The fraction of sp³-hybridized carbons (Fsp3) is 0.750. The zero-order chi connectivity index (χ0) is 9.97. The van der Waals surface area contributed by atoms with Crippen LogP contribution in [0.3, 0.4) is 0 Å². The molecule has 2 aliphatic rings. The van der Waals surface area contributed by atoms with Crippen molar-refractivity contribution < 1.29 is 9.53 Å². The quantitative estimate of drug-likeness (QED) is 0.496. The second kappa shape index (κ2) is 4.16. The standard InChI is InChI=1S/C12H18O2/c1-2-14-12(13)8-7-11(9-3-4-9)10-5-6-10/h7-11H,2-6H2,1H3/b8-7+. The van der Waals surface area contributed by atoms with Crippen molar-refractivity contribution in [3.63, 3.8) is 0 Å². The Bertz CT molecular complexity index is 225. The number of esters is 1. The number of carbonyl (C=O) groups is 1. The van der Waals surface area contributed by atoms with Gasteiger partial charge in [-0.25, -0.2) is 4.79 Å². The summed E-state index contributed by atoms with van der Waals surface area (Å²) in [5, 5.41) is 0. The number of rotatable bonds is 5. The van der Waals surface area contributed by atoms with Gasteiger partial charge in [-0.1, -0.05) is 6.08 Å². The minimum atomic E-state index is -0.182. The molecule has 0 heterocycles. The summed E-state index contributed by atoms with van der Waals surface area (Å²) in [7, 11) is 0. The lowest BCUT2D eigenvalue weighted by Crippen LogP contribution is -2.05. The van der Waals surface area contributed by atoms with Crippen LogP contribution in [-0.2, 0) is 9.53 Å². The number of hydrogen-bond acceptors (Lipinski definition) is 2. The van der Waals surface area contributed by atoms with E-state index in [0.29, 0.717) is 12.5 Å². The molecule has 0 aromatic heterocycles. The summed E-state index contributed by atoms with van der Waals surface area (Å²) in [4.78, 5) is 11.1. The van der Waals surface area contributed by atoms with Gasteiger partial charge in [0.25, 0.3) is 0 Å². The maximum Gasteiger partial charge on any atom is 0.330 e. The summed E-state index contributed by atoms with van der Waals surface area (Å²) in [5.41, 5.74) is 0. The van der Waals surface area contributed by atoms with Crippen LogP contribution in [0.15, 0.2) is 12.2 Å². The van der Waals surface area contributed by atoms with Gasteiger partial charge < -0.3 is 4.74 Å². The molecule has 78 valence electrons. The fourth-order valence-electron chi connectivity index (χ4n) is 2.04. The Hall–Kier alpha value is -0.790. The molecular weight excluding hydrogens is 176 g/mol. The topological polar surface area (TPSA) is 26.3 Å². The normalized spacial score (nSPS) is 21.9. The molecular formula is C12H18O2. The van der Waals surface area contributed by atoms with Gasteiger partial charge in [0.2, 0.25) is 0 Å². The third-order valence-corrected chi connectivity index (χ3v) is 3.07. The van der Waals surface area contributed by atoms with Gasteiger partial charge in [-0.15, -0.1) is 0 Å². The van der Waals surface area contributed by atoms with Gasteiger partial charge >= 0.3 is 5.97 Å². The fourth-order valence-corrected chi connectivity index (χ4v) is 2.04. The Morgan fingerprint density at radius 3 is 2.36 bits per heavy atom. The van der Waals surface area contributed by atoms with Crippen molar-refractivity contribution in [1.82, 2.24) is 0 Å². The SMILES string of the molecule is CCOC(=O)/C=C/C(C1CC1)C1CC1. The maximum atomic E-state index is 11.1. The lowest BCUT2D eigenvalue weighted by molar-refractivity contribution is -0.137. The highest BCUT2D eigenvalue weighted by molar-refractivity contribution is 5.81. The van der Waals surface area contributed by atoms with E-state index in [1.54, 1.807) is 6.08 Å². The maximum absolute atomic E-state index is 11.1. The minimum absolute atomic E-state index is 0.182. The highest BCUT2D eigenvalue weighted by Gasteiger charge is 2.39. The van der Waals surface area contributed by atoms with Crippen LogP contribution >= 0.6 is 0 Å². The predicted molar refractivity (Wildman–Crippen MR) is 54.7 cm³/mol. The molecule has 0 aromatic carbocycles. The van der Waals surface area contributed by atoms with Crippen LogP contribution in [0.5, 0.6) is 0 Å². The highest BCUT2D eigenvalue weighted by atomic mass is 16.5. The van der Waals surface area contributed by atoms with Crippen LogP contribution in [0.4, 0.5) is 0 Å². The Morgan fingerprint density at radius 2 is 1.93 bits per heavy atom. The zero-order valence-corrected chi connectivity index (χ0v) is 8.74. The molecule has 2 heteroatoms. The average molecular weight is 194 g/mol. The second-order valence-electron chi connectivity index (χ2n) is 4.36. The lowest BCUT2D eigenvalue weighted by atomic mass is 9.97. The van der Waals surface area contributed by atoms with E-state index >= 15 is 0 Å². The number of allylic oxidation sites excluding steroid dienone is 1. The van der Waals surface area contributed by atoms with Crippen molar-refractivity contribution in [2.75, 3.05) is 6.61 Å². The average Bonchev–Trinajstić information content (AvgIpc) is 3.01. The van der Waals surface area contributed by atoms with Gasteiger partial charge in [0.15, 0.2) is 0 Å². The second-order valence-corrected chi connectivity index (χ2v) is 4.36. The molecule has 0 amide bonds. The summed E-state index contributed by atoms with van der Waals surface area (Å²) >= 11 is 0. The summed E-state index contributed by atoms with van der Waals surface area (Å²) in [6, 6.07) is 0. The Morgan fingerprint density at radius 1 is 1.36 bits per heavy atom. The largest absolute Gasteiger partial charge is 0.463 e. The molecule has 0 atom stereocenters. The molecule has 0 N–H and O–H groups in total. The van der Waals surface area contributed by atoms with Gasteiger partial charge in [0.1, 0.15) is 0 Å². The van der Waals surface area contributed by atoms with Crippen LogP contribution in [0.2, 0.25) is 0 Å². The van der Waals surface area contributed by atoms with E-state index < -0.39 is 0 Å². The van der Waals surface area contributed by atoms with Gasteiger partial charge in [-0.05, 0) is 50.4 Å². The van der Waals surface area contributed by atoms with Gasteiger partial charge in [0.05, 0.1) is 6.61 Å². The highest BCUT2D eigenvalue weighted by Crippen LogP contribution is 2.49. The van der Waals surface area contributed by atoms with Crippen molar-refractivity contribution in [1.29, 1.82) is 0 Å². The first-order valence-corrected chi connectivity index (χ1v) is 5.66. The van der Waals surface area contributed by atoms with E-state index in [1.807, 2.05) is 6.92 Å². The molecule has 0 aliphatic heterocycles. The van der Waals surface area contributed by atoms with Crippen molar-refractivity contribution in [3.05, 3.63) is 12.2 Å². The number of carbonyl (C=O) groups excluding carboxylic acids is 1. The minimum Gasteiger partial charge on any atom is -0.463 e. The number of hydrogen-bond donors (Lipinski definition) is 0. The first kappa shape index (κ1) is 9.75. The lowest BCUT2D eigenvalue weighted by Gasteiger charge is -2.08. The Balaban J connectivity index is 1.83. The Kier molecular flexibility index (Phi) is 2.90. The van der Waals surface area contributed by atoms with E-state index in [9.17, 15) is 4.79 Å². The van der Waals surface area contributed by atoms with Gasteiger partial charge in [-0.2, -0.15) is 0 Å². The summed E-state index contributed by atoms with van der Waals surface area (Å²) in [6.07, 6.45) is 9.14. The molecule has 0 saturated heterocycles. The van der Waals surface area contributed by atoms with E-state index in [4.69, 9.17) is 4.74 Å². The third-order valence-electron chi connectivity index (χ3n) is 3.07. The summed E-state index contributed by atoms with van der Waals surface area (Å²) in [5.74, 6) is 2.22. The molecule has 0 aromatic rings. The first-order chi connectivity index (χ1) is 6.81. The van der Waals surface area contributed by atoms with Crippen molar-refractivity contribution in [2.24, 2.45) is 17.8 Å². The van der Waals surface area contributed by atoms with Crippen molar-refractivity contribution in [3.8, 4) is 0 Å². The molecule has 2 fully saturated rings. The van der Waals surface area contributed by atoms with E-state index in [0.717, 1.165) is 11.8 Å². The van der Waals surface area contributed by atoms with E-state index in [2.05, 4.69) is 6.08 Å². The summed E-state index contributed by atoms with van der Waals surface area (Å²) in [6.45, 7) is 2.31. The molecule has 2 aliphatic carbocycles. The first-order valence-electron chi connectivity index (χ1n) is 5.66. The Labute approximate surface area is 85.3 Å². The van der Waals surface area contributed by atoms with Crippen LogP contribution in [0, 0.1) is 17.8 Å². The molecule has 0 bridgehead atoms. The van der Waals surface area contributed by atoms with Crippen LogP contribution < -0.4 is 0 Å². The summed E-state index contributed by atoms with van der Waals surface area (Å²) < 4.78 is 4.87. The molecule has 0 radical (unpaired) electrons. The predicted octanol–water partition coefficient (Wildman–Crippen LogP) is 2.54. The van der Waals surface area contributed by atoms with Crippen molar-refractivity contribution >= 4 is 5.97 Å². The van der Waals surface area contributed by atoms with Crippen LogP contribution in [-0.4, -0.2) is 12.6 Å². The van der Waals surface area contributed by atoms with Gasteiger partial charge in [-0.3, -0.25) is 0 Å². The molecule has 2 rings (SSSR count). The van der Waals surface area contributed by atoms with Crippen molar-refractivity contribution in [2.45, 2.75) is 32.6 Å². The van der Waals surface area contributed by atoms with Crippen LogP contribution in [0.25, 0.3) is 0 Å². The molecule has 2 saturated carbocycles. The molecule has 2 nitrogen and oxygen atoms in total. The zero-order valence-electron chi connectivity index (χ0n) is 8.74. The molecule has 14 heavy (non-hydrogen) atoms. The monoisotopic (exact) mass is 194 g/mol. The van der Waals surface area contributed by atoms with E-state index in [-0.39, 0.29) is 5.97 Å². The molecule has 0 spiro atoms. The van der Waals surface area contributed by atoms with Gasteiger partial charge in [0, 0.05) is 6.08 Å². The van der Waals surface area contributed by atoms with E-state index in [1.165, 1.54) is 25.7 Å². The third kappa shape index (κ3) is 2.60. The van der Waals surface area contributed by atoms with Crippen LogP contribution in [0.1, 0.15) is 32.6 Å².